The van der Waals surface area contributed by atoms with E-state index >= 15 is 0 Å². The second kappa shape index (κ2) is 6.48. The van der Waals surface area contributed by atoms with Crippen molar-refractivity contribution < 1.29 is 0 Å². The Bertz CT molecular complexity index is 532. The maximum Gasteiger partial charge on any atom is 0.134 e. The van der Waals surface area contributed by atoms with Gasteiger partial charge in [0.2, 0.25) is 0 Å². The van der Waals surface area contributed by atoms with E-state index in [4.69, 9.17) is 5.53 Å². The highest BCUT2D eigenvalue weighted by Crippen LogP contribution is 2.39. The third-order valence-electron chi connectivity index (χ3n) is 3.20. The first-order valence-electron chi connectivity index (χ1n) is 6.22. The third-order valence-corrected chi connectivity index (χ3v) is 4.27. The maximum atomic E-state index is 9.59. The summed E-state index contributed by atoms with van der Waals surface area (Å²) in [4.78, 5) is 3.90. The fourth-order valence-corrected chi connectivity index (χ4v) is 3.43. The van der Waals surface area contributed by atoms with Gasteiger partial charge in [0, 0.05) is 22.1 Å². The number of nitrogens with one attached hydrogen (secondary N) is 1. The Hall–Kier alpha value is -1.67. The lowest BCUT2D eigenvalue weighted by Gasteiger charge is -2.33. The number of nitrogens with zero attached hydrogens (tertiary/aromatic N) is 4. The molecule has 0 saturated carbocycles. The molecule has 1 aromatic carbocycles. The molecule has 2 rings (SSSR count). The van der Waals surface area contributed by atoms with Gasteiger partial charge in [0.25, 0.3) is 0 Å². The number of thioether (sulfide) groups is 1. The molecule has 1 heterocycles. The van der Waals surface area contributed by atoms with Crippen molar-refractivity contribution in [1.29, 1.82) is 5.26 Å². The molecule has 0 radical (unpaired) electrons. The number of azide groups is 1. The number of hydrogen-bond donors (Lipinski definition) is 1. The largest absolute Gasteiger partial charge is 0.296 e. The van der Waals surface area contributed by atoms with Crippen LogP contribution in [0.5, 0.6) is 0 Å². The molecule has 0 bridgehead atoms. The van der Waals surface area contributed by atoms with Crippen LogP contribution in [-0.4, -0.2) is 18.8 Å². The number of rotatable bonds is 5. The molecule has 0 amide bonds. The first-order chi connectivity index (χ1) is 9.32. The summed E-state index contributed by atoms with van der Waals surface area (Å²) >= 11 is 1.80. The summed E-state index contributed by atoms with van der Waals surface area (Å²) < 4.78 is 0. The minimum atomic E-state index is -0.599. The van der Waals surface area contributed by atoms with Crippen LogP contribution in [0.15, 0.2) is 34.3 Å². The summed E-state index contributed by atoms with van der Waals surface area (Å²) in [5, 5.41) is 16.4. The molecule has 0 aliphatic carbocycles. The monoisotopic (exact) mass is 273 g/mol. The Morgan fingerprint density at radius 3 is 3.16 bits per heavy atom. The number of benzene rings is 1. The molecule has 1 unspecified atom stereocenters. The van der Waals surface area contributed by atoms with Gasteiger partial charge < -0.3 is 0 Å². The third kappa shape index (κ3) is 3.02. The standard InChI is InChI=1S/C13H15N5S/c14-10-13(16-7-3-8-17-18-15)6-9-19-12-5-2-1-4-11(12)13/h1-2,4-5,16H,3,6-9H2. The summed E-state index contributed by atoms with van der Waals surface area (Å²) in [5.74, 6) is 0.938. The van der Waals surface area contributed by atoms with Gasteiger partial charge in [-0.1, -0.05) is 23.3 Å². The number of hydrogen-bond acceptors (Lipinski definition) is 4. The van der Waals surface area contributed by atoms with E-state index in [1.54, 1.807) is 11.8 Å². The zero-order valence-electron chi connectivity index (χ0n) is 10.5. The topological polar surface area (TPSA) is 84.6 Å². The molecule has 1 aliphatic heterocycles. The normalized spacial score (nSPS) is 21.0. The zero-order chi connectivity index (χ0) is 13.6. The SMILES string of the molecule is N#CC1(NCCCN=[N+]=[N-])CCSc2ccccc21. The van der Waals surface area contributed by atoms with E-state index in [2.05, 4.69) is 27.5 Å². The van der Waals surface area contributed by atoms with Crippen molar-refractivity contribution in [3.8, 4) is 6.07 Å². The Balaban J connectivity index is 2.11. The molecule has 0 saturated heterocycles. The van der Waals surface area contributed by atoms with E-state index in [1.807, 2.05) is 18.2 Å². The summed E-state index contributed by atoms with van der Waals surface area (Å²) in [6.45, 7) is 1.13. The van der Waals surface area contributed by atoms with Crippen molar-refractivity contribution in [1.82, 2.24) is 5.32 Å². The highest BCUT2D eigenvalue weighted by atomic mass is 32.2. The van der Waals surface area contributed by atoms with Crippen LogP contribution in [0.3, 0.4) is 0 Å². The molecule has 1 aromatic rings. The summed E-state index contributed by atoms with van der Waals surface area (Å²) in [7, 11) is 0. The van der Waals surface area contributed by atoms with Gasteiger partial charge in [-0.25, -0.2) is 0 Å². The van der Waals surface area contributed by atoms with E-state index in [0.29, 0.717) is 13.1 Å². The molecular weight excluding hydrogens is 258 g/mol. The Morgan fingerprint density at radius 1 is 1.53 bits per heavy atom. The van der Waals surface area contributed by atoms with Gasteiger partial charge >= 0.3 is 0 Å². The lowest BCUT2D eigenvalue weighted by Crippen LogP contribution is -2.44. The number of nitriles is 1. The van der Waals surface area contributed by atoms with Crippen LogP contribution < -0.4 is 5.32 Å². The summed E-state index contributed by atoms with van der Waals surface area (Å²) in [6.07, 6.45) is 1.54. The fourth-order valence-electron chi connectivity index (χ4n) is 2.23. The van der Waals surface area contributed by atoms with E-state index in [-0.39, 0.29) is 0 Å². The van der Waals surface area contributed by atoms with Crippen molar-refractivity contribution in [2.75, 3.05) is 18.8 Å². The van der Waals surface area contributed by atoms with Crippen molar-refractivity contribution in [2.45, 2.75) is 23.3 Å². The molecule has 19 heavy (non-hydrogen) atoms. The van der Waals surface area contributed by atoms with E-state index in [0.717, 1.165) is 24.2 Å². The molecule has 5 nitrogen and oxygen atoms in total. The van der Waals surface area contributed by atoms with Gasteiger partial charge in [0.05, 0.1) is 6.07 Å². The quantitative estimate of drug-likeness (QED) is 0.387. The van der Waals surface area contributed by atoms with Crippen LogP contribution in [0.4, 0.5) is 0 Å². The molecule has 0 aromatic heterocycles. The Labute approximate surface area is 116 Å². The van der Waals surface area contributed by atoms with Crippen molar-refractivity contribution in [3.05, 3.63) is 40.3 Å². The van der Waals surface area contributed by atoms with Crippen LogP contribution in [0.1, 0.15) is 18.4 Å². The average Bonchev–Trinajstić information content (AvgIpc) is 2.47. The highest BCUT2D eigenvalue weighted by Gasteiger charge is 2.36. The summed E-state index contributed by atoms with van der Waals surface area (Å²) in [5.41, 5.74) is 8.69. The van der Waals surface area contributed by atoms with Crippen molar-refractivity contribution >= 4 is 11.8 Å². The van der Waals surface area contributed by atoms with Gasteiger partial charge in [-0.2, -0.15) is 5.26 Å². The minimum absolute atomic E-state index is 0.460. The second-order valence-corrected chi connectivity index (χ2v) is 5.48. The van der Waals surface area contributed by atoms with Crippen molar-refractivity contribution in [3.63, 3.8) is 0 Å². The average molecular weight is 273 g/mol. The van der Waals surface area contributed by atoms with Gasteiger partial charge in [-0.05, 0) is 36.5 Å². The summed E-state index contributed by atoms with van der Waals surface area (Å²) in [6, 6.07) is 10.5. The molecule has 1 aliphatic rings. The molecular formula is C13H15N5S. The highest BCUT2D eigenvalue weighted by molar-refractivity contribution is 7.99. The van der Waals surface area contributed by atoms with Gasteiger partial charge in [-0.15, -0.1) is 11.8 Å². The van der Waals surface area contributed by atoms with Crippen LogP contribution in [0, 0.1) is 11.3 Å². The Morgan fingerprint density at radius 2 is 2.37 bits per heavy atom. The molecule has 1 N–H and O–H groups in total. The predicted molar refractivity (Wildman–Crippen MR) is 75.7 cm³/mol. The van der Waals surface area contributed by atoms with Gasteiger partial charge in [0.1, 0.15) is 5.54 Å². The van der Waals surface area contributed by atoms with Crippen LogP contribution in [-0.2, 0) is 5.54 Å². The van der Waals surface area contributed by atoms with E-state index in [1.165, 1.54) is 4.90 Å². The molecule has 0 spiro atoms. The zero-order valence-corrected chi connectivity index (χ0v) is 11.4. The van der Waals surface area contributed by atoms with Crippen LogP contribution >= 0.6 is 11.8 Å². The lowest BCUT2D eigenvalue weighted by molar-refractivity contribution is 0.403. The lowest BCUT2D eigenvalue weighted by atomic mass is 9.88. The second-order valence-electron chi connectivity index (χ2n) is 4.35. The molecule has 98 valence electrons. The first-order valence-corrected chi connectivity index (χ1v) is 7.20. The Kier molecular flexibility index (Phi) is 4.69. The first kappa shape index (κ1) is 13.8. The number of fused-ring (bicyclic) bond motifs is 1. The molecule has 1 atom stereocenters. The molecule has 6 heteroatoms. The van der Waals surface area contributed by atoms with Crippen molar-refractivity contribution in [2.24, 2.45) is 5.11 Å². The van der Waals surface area contributed by atoms with Crippen LogP contribution in [0.2, 0.25) is 0 Å². The van der Waals surface area contributed by atoms with E-state index in [9.17, 15) is 5.26 Å². The smallest absolute Gasteiger partial charge is 0.134 e. The fraction of sp³-hybridized carbons (Fsp3) is 0.462. The van der Waals surface area contributed by atoms with Gasteiger partial charge in [0.15, 0.2) is 0 Å². The minimum Gasteiger partial charge on any atom is -0.296 e. The predicted octanol–water partition coefficient (Wildman–Crippen LogP) is 3.19. The van der Waals surface area contributed by atoms with Crippen LogP contribution in [0.25, 0.3) is 10.4 Å². The van der Waals surface area contributed by atoms with Gasteiger partial charge in [-0.3, -0.25) is 5.32 Å². The maximum absolute atomic E-state index is 9.59. The van der Waals surface area contributed by atoms with E-state index < -0.39 is 5.54 Å². The molecule has 0 fully saturated rings.